The van der Waals surface area contributed by atoms with Gasteiger partial charge in [-0.1, -0.05) is 276 Å². The van der Waals surface area contributed by atoms with Crippen LogP contribution < -0.4 is 0 Å². The van der Waals surface area contributed by atoms with Crippen molar-refractivity contribution in [2.24, 2.45) is 0 Å². The second kappa shape index (κ2) is 59.2. The van der Waals surface area contributed by atoms with E-state index in [1.165, 1.54) is 231 Å². The van der Waals surface area contributed by atoms with Gasteiger partial charge in [0.2, 0.25) is 0 Å². The Balaban J connectivity index is 4.33. The number of unbranched alkanes of at least 4 members (excludes halogenated alkanes) is 40. The van der Waals surface area contributed by atoms with Gasteiger partial charge < -0.3 is 14.2 Å². The predicted molar refractivity (Wildman–Crippen MR) is 302 cm³/mol. The second-order valence-corrected chi connectivity index (χ2v) is 21.0. The highest BCUT2D eigenvalue weighted by molar-refractivity contribution is 5.71. The van der Waals surface area contributed by atoms with Gasteiger partial charge in [0.25, 0.3) is 0 Å². The summed E-state index contributed by atoms with van der Waals surface area (Å²) >= 11 is 0. The van der Waals surface area contributed by atoms with Gasteiger partial charge in [0.15, 0.2) is 6.10 Å². The first kappa shape index (κ1) is 67.6. The first-order valence-corrected chi connectivity index (χ1v) is 31.0. The normalized spacial score (nSPS) is 12.2. The van der Waals surface area contributed by atoms with Crippen molar-refractivity contribution < 1.29 is 28.6 Å². The van der Waals surface area contributed by atoms with Gasteiger partial charge in [-0.25, -0.2) is 0 Å². The first-order valence-electron chi connectivity index (χ1n) is 31.0. The van der Waals surface area contributed by atoms with Crippen LogP contribution >= 0.6 is 0 Å². The molecule has 70 heavy (non-hydrogen) atoms. The van der Waals surface area contributed by atoms with Crippen molar-refractivity contribution in [3.63, 3.8) is 0 Å². The fourth-order valence-corrected chi connectivity index (χ4v) is 9.18. The molecule has 0 heterocycles. The molecular formula is C64H118O6. The van der Waals surface area contributed by atoms with E-state index in [2.05, 4.69) is 57.2 Å². The molecule has 0 aliphatic heterocycles. The third kappa shape index (κ3) is 56.5. The van der Waals surface area contributed by atoms with Crippen molar-refractivity contribution in [3.8, 4) is 0 Å². The van der Waals surface area contributed by atoms with Crippen molar-refractivity contribution in [2.45, 2.75) is 341 Å². The number of esters is 3. The predicted octanol–water partition coefficient (Wildman–Crippen LogP) is 20.8. The zero-order chi connectivity index (χ0) is 50.7. The summed E-state index contributed by atoms with van der Waals surface area (Å²) in [5.41, 5.74) is 0. The molecule has 0 radical (unpaired) electrons. The van der Waals surface area contributed by atoms with Crippen LogP contribution in [0.5, 0.6) is 0 Å². The molecule has 0 aromatic carbocycles. The van der Waals surface area contributed by atoms with Crippen molar-refractivity contribution >= 4 is 17.9 Å². The lowest BCUT2D eigenvalue weighted by Gasteiger charge is -2.18. The van der Waals surface area contributed by atoms with Crippen LogP contribution in [0.4, 0.5) is 0 Å². The lowest BCUT2D eigenvalue weighted by atomic mass is 10.0. The van der Waals surface area contributed by atoms with E-state index in [1.807, 2.05) is 0 Å². The lowest BCUT2D eigenvalue weighted by Crippen LogP contribution is -2.30. The van der Waals surface area contributed by atoms with Crippen molar-refractivity contribution in [3.05, 3.63) is 36.5 Å². The summed E-state index contributed by atoms with van der Waals surface area (Å²) in [6, 6.07) is 0. The summed E-state index contributed by atoms with van der Waals surface area (Å²) in [7, 11) is 0. The van der Waals surface area contributed by atoms with Crippen LogP contribution in [0, 0.1) is 0 Å². The number of carbonyl (C=O) groups excluding carboxylic acids is 3. The molecule has 0 aromatic heterocycles. The molecule has 0 aromatic rings. The van der Waals surface area contributed by atoms with E-state index < -0.39 is 6.10 Å². The Labute approximate surface area is 435 Å². The molecule has 6 heteroatoms. The van der Waals surface area contributed by atoms with Crippen LogP contribution in [-0.2, 0) is 28.6 Å². The van der Waals surface area contributed by atoms with Crippen LogP contribution in [0.15, 0.2) is 36.5 Å². The van der Waals surface area contributed by atoms with E-state index in [9.17, 15) is 14.4 Å². The van der Waals surface area contributed by atoms with Gasteiger partial charge >= 0.3 is 17.9 Å². The Morgan fingerprint density at radius 1 is 0.286 bits per heavy atom. The highest BCUT2D eigenvalue weighted by atomic mass is 16.6. The maximum Gasteiger partial charge on any atom is 0.306 e. The van der Waals surface area contributed by atoms with Crippen LogP contribution in [0.25, 0.3) is 0 Å². The number of carbonyl (C=O) groups is 3. The number of rotatable bonds is 57. The fraction of sp³-hybridized carbons (Fsp3) is 0.859. The van der Waals surface area contributed by atoms with Gasteiger partial charge in [-0.3, -0.25) is 14.4 Å². The topological polar surface area (TPSA) is 78.9 Å². The average Bonchev–Trinajstić information content (AvgIpc) is 3.36. The highest BCUT2D eigenvalue weighted by Gasteiger charge is 2.19. The molecule has 0 unspecified atom stereocenters. The largest absolute Gasteiger partial charge is 0.462 e. The van der Waals surface area contributed by atoms with Gasteiger partial charge in [0.1, 0.15) is 13.2 Å². The summed E-state index contributed by atoms with van der Waals surface area (Å²) in [6.07, 6.45) is 71.4. The monoisotopic (exact) mass is 983 g/mol. The van der Waals surface area contributed by atoms with Crippen LogP contribution in [0.2, 0.25) is 0 Å². The van der Waals surface area contributed by atoms with Gasteiger partial charge in [-0.05, 0) is 77.0 Å². The molecule has 0 bridgehead atoms. The van der Waals surface area contributed by atoms with Crippen molar-refractivity contribution in [1.29, 1.82) is 0 Å². The van der Waals surface area contributed by atoms with Crippen LogP contribution in [0.1, 0.15) is 335 Å². The van der Waals surface area contributed by atoms with E-state index in [0.29, 0.717) is 19.3 Å². The molecule has 0 N–H and O–H groups in total. The molecule has 1 atom stereocenters. The summed E-state index contributed by atoms with van der Waals surface area (Å²) in [5.74, 6) is -0.857. The highest BCUT2D eigenvalue weighted by Crippen LogP contribution is 2.17. The SMILES string of the molecule is CCCCC/C=C/C/C=C/CCCCCCCCCCCC(=O)OC[C@@H](COC(=O)CCCCCCCCC/C=C/CCCCCC)OC(=O)CCCCCCCCCCCCCCCCCCCC. The molecule has 0 spiro atoms. The van der Waals surface area contributed by atoms with Crippen LogP contribution in [-0.4, -0.2) is 37.2 Å². The summed E-state index contributed by atoms with van der Waals surface area (Å²) < 4.78 is 16.9. The maximum atomic E-state index is 12.9. The molecule has 0 rings (SSSR count). The van der Waals surface area contributed by atoms with E-state index in [-0.39, 0.29) is 31.1 Å². The minimum Gasteiger partial charge on any atom is -0.462 e. The lowest BCUT2D eigenvalue weighted by molar-refractivity contribution is -0.167. The van der Waals surface area contributed by atoms with E-state index in [1.54, 1.807) is 0 Å². The fourth-order valence-electron chi connectivity index (χ4n) is 9.18. The summed E-state index contributed by atoms with van der Waals surface area (Å²) in [4.78, 5) is 38.3. The molecule has 6 nitrogen and oxygen atoms in total. The maximum absolute atomic E-state index is 12.9. The third-order valence-electron chi connectivity index (χ3n) is 13.9. The molecule has 410 valence electrons. The van der Waals surface area contributed by atoms with Gasteiger partial charge in [-0.15, -0.1) is 0 Å². The van der Waals surface area contributed by atoms with Gasteiger partial charge in [0.05, 0.1) is 0 Å². The summed E-state index contributed by atoms with van der Waals surface area (Å²) in [5, 5.41) is 0. The van der Waals surface area contributed by atoms with E-state index >= 15 is 0 Å². The molecule has 0 aliphatic rings. The zero-order valence-electron chi connectivity index (χ0n) is 47.1. The average molecular weight is 984 g/mol. The molecule has 0 amide bonds. The van der Waals surface area contributed by atoms with E-state index in [4.69, 9.17) is 14.2 Å². The Kier molecular flexibility index (Phi) is 57.2. The van der Waals surface area contributed by atoms with Gasteiger partial charge in [-0.2, -0.15) is 0 Å². The first-order chi connectivity index (χ1) is 34.5. The minimum atomic E-state index is -0.773. The zero-order valence-corrected chi connectivity index (χ0v) is 47.1. The smallest absolute Gasteiger partial charge is 0.306 e. The molecule has 0 saturated carbocycles. The summed E-state index contributed by atoms with van der Waals surface area (Å²) in [6.45, 7) is 6.65. The Morgan fingerprint density at radius 3 is 0.843 bits per heavy atom. The van der Waals surface area contributed by atoms with Crippen LogP contribution in [0.3, 0.4) is 0 Å². The Bertz CT molecular complexity index is 1170. The minimum absolute atomic E-state index is 0.0717. The molecule has 0 aliphatic carbocycles. The Morgan fingerprint density at radius 2 is 0.514 bits per heavy atom. The molecule has 0 saturated heterocycles. The van der Waals surface area contributed by atoms with Gasteiger partial charge in [0, 0.05) is 19.3 Å². The standard InChI is InChI=1S/C64H118O6/c1-4-7-10-13-16-19-22-25-28-30-32-34-36-39-42-45-48-51-54-57-63(66)69-60-61(59-68-62(65)56-53-50-47-44-41-38-35-27-24-21-18-15-12-9-6-3)70-64(67)58-55-52-49-46-43-40-37-33-31-29-26-23-20-17-14-11-8-5-2/h16,19,21,24-25,28,61H,4-15,17-18,20,22-23,26-27,29-60H2,1-3H3/b19-16+,24-21+,28-25+/t61-/m1/s1. The number of hydrogen-bond acceptors (Lipinski definition) is 6. The number of allylic oxidation sites excluding steroid dienone is 6. The van der Waals surface area contributed by atoms with Crippen molar-refractivity contribution in [2.75, 3.05) is 13.2 Å². The Hall–Kier alpha value is -2.37. The third-order valence-corrected chi connectivity index (χ3v) is 13.9. The van der Waals surface area contributed by atoms with Crippen molar-refractivity contribution in [1.82, 2.24) is 0 Å². The number of ether oxygens (including phenoxy) is 3. The second-order valence-electron chi connectivity index (χ2n) is 21.0. The number of hydrogen-bond donors (Lipinski definition) is 0. The van der Waals surface area contributed by atoms with E-state index in [0.717, 1.165) is 64.2 Å². The molecule has 0 fully saturated rings. The molecular weight excluding hydrogens is 865 g/mol. The quantitative estimate of drug-likeness (QED) is 0.0261.